The van der Waals surface area contributed by atoms with Gasteiger partial charge in [0.05, 0.1) is 17.3 Å². The quantitative estimate of drug-likeness (QED) is 0.567. The van der Waals surface area contributed by atoms with Crippen molar-refractivity contribution in [3.8, 4) is 0 Å². The van der Waals surface area contributed by atoms with E-state index in [0.29, 0.717) is 11.1 Å². The van der Waals surface area contributed by atoms with Crippen LogP contribution in [-0.2, 0) is 22.7 Å². The first-order chi connectivity index (χ1) is 15.7. The maximum absolute atomic E-state index is 12.9. The van der Waals surface area contributed by atoms with E-state index in [-0.39, 0.29) is 29.8 Å². The third-order valence-corrected chi connectivity index (χ3v) is 5.53. The molecule has 1 saturated heterocycles. The van der Waals surface area contributed by atoms with Crippen molar-refractivity contribution in [1.29, 1.82) is 0 Å². The zero-order valence-electron chi connectivity index (χ0n) is 18.4. The van der Waals surface area contributed by atoms with Gasteiger partial charge in [-0.1, -0.05) is 11.6 Å². The lowest BCUT2D eigenvalue weighted by molar-refractivity contribution is -0.138. The van der Waals surface area contributed by atoms with Gasteiger partial charge in [-0.3, -0.25) is 14.3 Å². The average Bonchev–Trinajstić information content (AvgIpc) is 3.17. The number of nitrogens with zero attached hydrogens (tertiary/aromatic N) is 4. The first-order valence-electron chi connectivity index (χ1n) is 10.6. The van der Waals surface area contributed by atoms with E-state index in [9.17, 15) is 18.4 Å². The van der Waals surface area contributed by atoms with Gasteiger partial charge in [0.1, 0.15) is 18.1 Å². The molecule has 2 N–H and O–H groups in total. The minimum atomic E-state index is -2.97. The number of pyridine rings is 1. The van der Waals surface area contributed by atoms with Crippen LogP contribution in [0.3, 0.4) is 0 Å². The fraction of sp³-hybridized carbons (Fsp3) is 0.524. The molecule has 2 aromatic rings. The zero-order chi connectivity index (χ0) is 24.0. The highest BCUT2D eigenvalue weighted by Crippen LogP contribution is 2.15. The van der Waals surface area contributed by atoms with Gasteiger partial charge in [-0.05, 0) is 44.9 Å². The van der Waals surface area contributed by atoms with Crippen LogP contribution < -0.4 is 10.6 Å². The Hall–Kier alpha value is -2.63. The first kappa shape index (κ1) is 25.0. The average molecular weight is 485 g/mol. The van der Waals surface area contributed by atoms with Crippen LogP contribution in [-0.4, -0.2) is 63.3 Å². The number of nitrogens with one attached hydrogen (secondary N) is 2. The number of aromatic nitrogens is 3. The smallest absolute Gasteiger partial charge is 0.345 e. The van der Waals surface area contributed by atoms with Crippen molar-refractivity contribution in [2.45, 2.75) is 58.5 Å². The Balaban J connectivity index is 1.68. The molecule has 2 amide bonds. The molecule has 3 rings (SSSR count). The number of ether oxygens (including phenoxy) is 1. The number of piperidine rings is 1. The van der Waals surface area contributed by atoms with Crippen molar-refractivity contribution in [3.63, 3.8) is 0 Å². The van der Waals surface area contributed by atoms with E-state index in [4.69, 9.17) is 11.6 Å². The number of rotatable bonds is 9. The Kier molecular flexibility index (Phi) is 8.70. The molecule has 1 fully saturated rings. The Morgan fingerprint density at radius 1 is 1.27 bits per heavy atom. The summed E-state index contributed by atoms with van der Waals surface area (Å²) in [5.41, 5.74) is 0.209. The van der Waals surface area contributed by atoms with Crippen LogP contribution in [0, 0.1) is 0 Å². The third kappa shape index (κ3) is 7.44. The standard InChI is InChI=1S/C21H27ClF2N6O3/c1-13(2)29-7-5-15(6-8-29)26-20(32)17-9-16(12-33-21(23)24)28-30(17)11-19(31)27-18-4-3-14(22)10-25-18/h3-4,9-10,13,15,21H,5-8,11-12H2,1-2H3,(H,26,32)(H,25,27,31). The molecule has 12 heteroatoms. The molecular weight excluding hydrogens is 458 g/mol. The number of anilines is 1. The van der Waals surface area contributed by atoms with Crippen molar-refractivity contribution in [1.82, 2.24) is 25.0 Å². The molecule has 1 aliphatic rings. The van der Waals surface area contributed by atoms with Crippen molar-refractivity contribution in [3.05, 3.63) is 40.8 Å². The molecule has 0 radical (unpaired) electrons. The molecule has 0 bridgehead atoms. The van der Waals surface area contributed by atoms with Gasteiger partial charge in [-0.25, -0.2) is 4.98 Å². The van der Waals surface area contributed by atoms with Crippen molar-refractivity contribution in [2.24, 2.45) is 0 Å². The minimum Gasteiger partial charge on any atom is -0.348 e. The number of hydrogen-bond acceptors (Lipinski definition) is 6. The Morgan fingerprint density at radius 3 is 2.61 bits per heavy atom. The summed E-state index contributed by atoms with van der Waals surface area (Å²) in [6.07, 6.45) is 2.97. The maximum atomic E-state index is 12.9. The van der Waals surface area contributed by atoms with Crippen molar-refractivity contribution >= 4 is 29.2 Å². The summed E-state index contributed by atoms with van der Waals surface area (Å²) in [4.78, 5) is 31.7. The Bertz CT molecular complexity index is 946. The van der Waals surface area contributed by atoms with Gasteiger partial charge in [-0.2, -0.15) is 13.9 Å². The summed E-state index contributed by atoms with van der Waals surface area (Å²) in [6.45, 7) is 2.22. The number of hydrogen-bond donors (Lipinski definition) is 2. The lowest BCUT2D eigenvalue weighted by Crippen LogP contribution is -2.47. The summed E-state index contributed by atoms with van der Waals surface area (Å²) < 4.78 is 30.4. The predicted molar refractivity (Wildman–Crippen MR) is 118 cm³/mol. The molecular formula is C21H27ClF2N6O3. The van der Waals surface area contributed by atoms with E-state index >= 15 is 0 Å². The number of carbonyl (C=O) groups is 2. The SMILES string of the molecule is CC(C)N1CCC(NC(=O)c2cc(COC(F)F)nn2CC(=O)Nc2ccc(Cl)cn2)CC1. The highest BCUT2D eigenvalue weighted by Gasteiger charge is 2.25. The summed E-state index contributed by atoms with van der Waals surface area (Å²) in [7, 11) is 0. The van der Waals surface area contributed by atoms with E-state index < -0.39 is 25.0 Å². The van der Waals surface area contributed by atoms with Gasteiger partial charge >= 0.3 is 6.61 Å². The van der Waals surface area contributed by atoms with Crippen molar-refractivity contribution in [2.75, 3.05) is 18.4 Å². The third-order valence-electron chi connectivity index (χ3n) is 5.30. The van der Waals surface area contributed by atoms with Crippen molar-refractivity contribution < 1.29 is 23.1 Å². The fourth-order valence-electron chi connectivity index (χ4n) is 3.58. The van der Waals surface area contributed by atoms with Crippen LogP contribution in [0.2, 0.25) is 5.02 Å². The zero-order valence-corrected chi connectivity index (χ0v) is 19.2. The van der Waals surface area contributed by atoms with Gasteiger partial charge in [0.25, 0.3) is 5.91 Å². The highest BCUT2D eigenvalue weighted by molar-refractivity contribution is 6.30. The molecule has 0 unspecified atom stereocenters. The monoisotopic (exact) mass is 484 g/mol. The topological polar surface area (TPSA) is 101 Å². The Labute approximate surface area is 195 Å². The molecule has 3 heterocycles. The molecule has 2 aromatic heterocycles. The molecule has 0 saturated carbocycles. The lowest BCUT2D eigenvalue weighted by atomic mass is 10.0. The molecule has 9 nitrogen and oxygen atoms in total. The summed E-state index contributed by atoms with van der Waals surface area (Å²) >= 11 is 5.79. The van der Waals surface area contributed by atoms with Gasteiger partial charge in [0.2, 0.25) is 5.91 Å². The first-order valence-corrected chi connectivity index (χ1v) is 11.0. The van der Waals surface area contributed by atoms with Gasteiger partial charge < -0.3 is 20.3 Å². The van der Waals surface area contributed by atoms with Crippen LogP contribution in [0.4, 0.5) is 14.6 Å². The van der Waals surface area contributed by atoms with Gasteiger partial charge in [0, 0.05) is 31.4 Å². The van der Waals surface area contributed by atoms with E-state index in [1.807, 2.05) is 0 Å². The lowest BCUT2D eigenvalue weighted by Gasteiger charge is -2.34. The second-order valence-electron chi connectivity index (χ2n) is 8.04. The molecule has 1 aliphatic heterocycles. The second kappa shape index (κ2) is 11.5. The summed E-state index contributed by atoms with van der Waals surface area (Å²) in [6, 6.07) is 4.87. The fourth-order valence-corrected chi connectivity index (χ4v) is 3.69. The van der Waals surface area contributed by atoms with Crippen LogP contribution in [0.25, 0.3) is 0 Å². The number of alkyl halides is 2. The maximum Gasteiger partial charge on any atom is 0.345 e. The van der Waals surface area contributed by atoms with E-state index in [0.717, 1.165) is 25.9 Å². The molecule has 0 atom stereocenters. The largest absolute Gasteiger partial charge is 0.348 e. The number of carbonyl (C=O) groups excluding carboxylic acids is 2. The molecule has 33 heavy (non-hydrogen) atoms. The molecule has 0 aliphatic carbocycles. The predicted octanol–water partition coefficient (Wildman–Crippen LogP) is 2.91. The number of amides is 2. The van der Waals surface area contributed by atoms with Gasteiger partial charge in [0.15, 0.2) is 0 Å². The van der Waals surface area contributed by atoms with E-state index in [1.165, 1.54) is 23.0 Å². The van der Waals surface area contributed by atoms with Crippen LogP contribution in [0.15, 0.2) is 24.4 Å². The normalized spacial score (nSPS) is 15.2. The minimum absolute atomic E-state index is 0.0243. The highest BCUT2D eigenvalue weighted by atomic mass is 35.5. The van der Waals surface area contributed by atoms with Crippen LogP contribution >= 0.6 is 11.6 Å². The van der Waals surface area contributed by atoms with Gasteiger partial charge in [-0.15, -0.1) is 0 Å². The molecule has 0 spiro atoms. The van der Waals surface area contributed by atoms with E-state index in [2.05, 4.69) is 44.2 Å². The molecule has 0 aromatic carbocycles. The van der Waals surface area contributed by atoms with Crippen LogP contribution in [0.1, 0.15) is 42.9 Å². The summed E-state index contributed by atoms with van der Waals surface area (Å²) in [5, 5.41) is 10.1. The van der Waals surface area contributed by atoms with Crippen LogP contribution in [0.5, 0.6) is 0 Å². The van der Waals surface area contributed by atoms with E-state index in [1.54, 1.807) is 6.07 Å². The molecule has 180 valence electrons. The second-order valence-corrected chi connectivity index (χ2v) is 8.47. The number of halogens is 3. The number of likely N-dealkylation sites (tertiary alicyclic amines) is 1. The Morgan fingerprint density at radius 2 is 2.00 bits per heavy atom. The summed E-state index contributed by atoms with van der Waals surface area (Å²) in [5.74, 6) is -0.638.